The number of carbonyl (C=O) groups is 3. The number of benzene rings is 2. The molecule has 0 unspecified atom stereocenters. The topological polar surface area (TPSA) is 81.7 Å². The molecule has 0 aliphatic carbocycles. The summed E-state index contributed by atoms with van der Waals surface area (Å²) >= 11 is 0. The fraction of sp³-hybridized carbons (Fsp3) is 0.286. The maximum absolute atomic E-state index is 12.2. The van der Waals surface area contributed by atoms with Gasteiger partial charge in [-0.2, -0.15) is 0 Å². The first-order valence-electron chi connectivity index (χ1n) is 8.62. The highest BCUT2D eigenvalue weighted by atomic mass is 16.6. The van der Waals surface area contributed by atoms with E-state index in [-0.39, 0.29) is 5.78 Å². The Morgan fingerprint density at radius 3 is 2.22 bits per heavy atom. The normalized spacial score (nSPS) is 12.6. The maximum atomic E-state index is 12.2. The fourth-order valence-corrected chi connectivity index (χ4v) is 2.30. The molecular weight excluding hydrogens is 346 g/mol. The van der Waals surface area contributed by atoms with Crippen LogP contribution in [0.4, 0.5) is 5.69 Å². The van der Waals surface area contributed by atoms with Gasteiger partial charge < -0.3 is 14.8 Å². The second-order valence-electron chi connectivity index (χ2n) is 6.28. The number of carbonyl (C=O) groups excluding carboxylic acids is 3. The van der Waals surface area contributed by atoms with Crippen LogP contribution >= 0.6 is 0 Å². The van der Waals surface area contributed by atoms with Crippen molar-refractivity contribution in [2.24, 2.45) is 0 Å². The van der Waals surface area contributed by atoms with E-state index >= 15 is 0 Å². The number of rotatable bonds is 7. The highest BCUT2D eigenvalue weighted by Crippen LogP contribution is 2.15. The number of esters is 1. The lowest BCUT2D eigenvalue weighted by Crippen LogP contribution is -2.35. The van der Waals surface area contributed by atoms with Crippen LogP contribution in [0, 0.1) is 6.92 Å². The van der Waals surface area contributed by atoms with Crippen LogP contribution in [0.2, 0.25) is 0 Å². The van der Waals surface area contributed by atoms with Crippen molar-refractivity contribution < 1.29 is 23.9 Å². The first-order valence-corrected chi connectivity index (χ1v) is 8.62. The zero-order valence-electron chi connectivity index (χ0n) is 15.8. The molecule has 0 heterocycles. The van der Waals surface area contributed by atoms with Gasteiger partial charge in [-0.05, 0) is 69.7 Å². The number of nitrogens with one attached hydrogen (secondary N) is 1. The van der Waals surface area contributed by atoms with Crippen molar-refractivity contribution in [3.05, 3.63) is 59.7 Å². The molecule has 1 N–H and O–H groups in total. The molecular formula is C21H23NO5. The van der Waals surface area contributed by atoms with E-state index in [1.165, 1.54) is 13.8 Å². The first kappa shape index (κ1) is 20.2. The molecule has 0 saturated heterocycles. The van der Waals surface area contributed by atoms with Gasteiger partial charge in [-0.25, -0.2) is 4.79 Å². The van der Waals surface area contributed by atoms with Crippen LogP contribution in [-0.4, -0.2) is 29.9 Å². The molecule has 27 heavy (non-hydrogen) atoms. The Balaban J connectivity index is 1.88. The van der Waals surface area contributed by atoms with Crippen molar-refractivity contribution in [2.45, 2.75) is 39.9 Å². The van der Waals surface area contributed by atoms with Gasteiger partial charge in [-0.3, -0.25) is 9.59 Å². The van der Waals surface area contributed by atoms with Gasteiger partial charge >= 0.3 is 5.97 Å². The van der Waals surface area contributed by atoms with Crippen LogP contribution in [0.15, 0.2) is 48.5 Å². The van der Waals surface area contributed by atoms with Gasteiger partial charge in [-0.15, -0.1) is 0 Å². The predicted molar refractivity (Wildman–Crippen MR) is 102 cm³/mol. The largest absolute Gasteiger partial charge is 0.479 e. The third-order valence-corrected chi connectivity index (χ3v) is 3.86. The summed E-state index contributed by atoms with van der Waals surface area (Å²) in [4.78, 5) is 35.6. The Labute approximate surface area is 158 Å². The molecule has 0 aromatic heterocycles. The monoisotopic (exact) mass is 369 g/mol. The summed E-state index contributed by atoms with van der Waals surface area (Å²) in [6, 6.07) is 13.8. The Bertz CT molecular complexity index is 829. The number of anilines is 1. The molecule has 0 saturated carbocycles. The quantitative estimate of drug-likeness (QED) is 0.596. The van der Waals surface area contributed by atoms with E-state index in [9.17, 15) is 14.4 Å². The smallest absolute Gasteiger partial charge is 0.347 e. The summed E-state index contributed by atoms with van der Waals surface area (Å²) in [5.74, 6) is -0.604. The molecule has 2 rings (SSSR count). The van der Waals surface area contributed by atoms with Crippen LogP contribution < -0.4 is 10.1 Å². The Morgan fingerprint density at radius 2 is 1.63 bits per heavy atom. The van der Waals surface area contributed by atoms with E-state index in [0.717, 1.165) is 5.56 Å². The number of ketones is 1. The van der Waals surface area contributed by atoms with E-state index in [1.54, 1.807) is 37.3 Å². The summed E-state index contributed by atoms with van der Waals surface area (Å²) < 4.78 is 10.7. The molecule has 6 heteroatoms. The molecule has 2 atom stereocenters. The molecule has 0 aliphatic heterocycles. The van der Waals surface area contributed by atoms with Crippen LogP contribution in [0.25, 0.3) is 0 Å². The van der Waals surface area contributed by atoms with Crippen LogP contribution in [-0.2, 0) is 14.3 Å². The van der Waals surface area contributed by atoms with Crippen molar-refractivity contribution in [2.75, 3.05) is 5.32 Å². The number of aryl methyl sites for hydroxylation is 1. The zero-order chi connectivity index (χ0) is 20.0. The number of hydrogen-bond donors (Lipinski definition) is 1. The molecule has 2 aromatic rings. The molecule has 6 nitrogen and oxygen atoms in total. The van der Waals surface area contributed by atoms with E-state index in [4.69, 9.17) is 9.47 Å². The third kappa shape index (κ3) is 5.95. The molecule has 2 aromatic carbocycles. The number of ether oxygens (including phenoxy) is 2. The molecule has 0 bridgehead atoms. The molecule has 0 aliphatic rings. The van der Waals surface area contributed by atoms with Gasteiger partial charge in [0.05, 0.1) is 0 Å². The zero-order valence-corrected chi connectivity index (χ0v) is 15.8. The van der Waals surface area contributed by atoms with Crippen molar-refractivity contribution in [3.63, 3.8) is 0 Å². The van der Waals surface area contributed by atoms with Gasteiger partial charge in [-0.1, -0.05) is 12.1 Å². The highest BCUT2D eigenvalue weighted by Gasteiger charge is 2.23. The Morgan fingerprint density at radius 1 is 0.963 bits per heavy atom. The summed E-state index contributed by atoms with van der Waals surface area (Å²) in [5, 5.41) is 2.64. The van der Waals surface area contributed by atoms with Crippen molar-refractivity contribution >= 4 is 23.3 Å². The molecule has 0 fully saturated rings. The average molecular weight is 369 g/mol. The van der Waals surface area contributed by atoms with E-state index in [0.29, 0.717) is 17.0 Å². The summed E-state index contributed by atoms with van der Waals surface area (Å²) in [5.41, 5.74) is 2.07. The molecule has 0 radical (unpaired) electrons. The van der Waals surface area contributed by atoms with Gasteiger partial charge in [0, 0.05) is 11.3 Å². The SMILES string of the molecule is CC(=O)c1ccc(NC(=O)[C@@H](C)OC(=O)[C@@H](C)Oc2cccc(C)c2)cc1. The summed E-state index contributed by atoms with van der Waals surface area (Å²) in [6.45, 7) is 6.44. The van der Waals surface area contributed by atoms with Crippen molar-refractivity contribution in [1.82, 2.24) is 0 Å². The molecule has 1 amide bonds. The minimum Gasteiger partial charge on any atom is -0.479 e. The van der Waals surface area contributed by atoms with E-state index < -0.39 is 24.1 Å². The Hall–Kier alpha value is -3.15. The number of hydrogen-bond acceptors (Lipinski definition) is 5. The van der Waals surface area contributed by atoms with E-state index in [1.807, 2.05) is 25.1 Å². The van der Waals surface area contributed by atoms with Crippen molar-refractivity contribution in [1.29, 1.82) is 0 Å². The minimum absolute atomic E-state index is 0.0576. The highest BCUT2D eigenvalue weighted by molar-refractivity contribution is 5.97. The van der Waals surface area contributed by atoms with Crippen LogP contribution in [0.1, 0.15) is 36.7 Å². The lowest BCUT2D eigenvalue weighted by atomic mass is 10.1. The second kappa shape index (κ2) is 8.98. The maximum Gasteiger partial charge on any atom is 0.347 e. The summed E-state index contributed by atoms with van der Waals surface area (Å²) in [7, 11) is 0. The predicted octanol–water partition coefficient (Wildman–Crippen LogP) is 3.54. The standard InChI is InChI=1S/C21H23NO5/c1-13-6-5-7-19(12-13)26-16(4)21(25)27-15(3)20(24)22-18-10-8-17(9-11-18)14(2)23/h5-12,15-16H,1-4H3,(H,22,24)/t15-,16-/m1/s1. The number of amides is 1. The average Bonchev–Trinajstić information content (AvgIpc) is 2.62. The lowest BCUT2D eigenvalue weighted by Gasteiger charge is -2.18. The van der Waals surface area contributed by atoms with Crippen LogP contribution in [0.3, 0.4) is 0 Å². The van der Waals surface area contributed by atoms with Gasteiger partial charge in [0.25, 0.3) is 5.91 Å². The third-order valence-electron chi connectivity index (χ3n) is 3.86. The Kier molecular flexibility index (Phi) is 6.71. The van der Waals surface area contributed by atoms with Crippen LogP contribution in [0.5, 0.6) is 5.75 Å². The second-order valence-corrected chi connectivity index (χ2v) is 6.28. The fourth-order valence-electron chi connectivity index (χ4n) is 2.30. The number of Topliss-reactive ketones (excluding diaryl/α,β-unsaturated/α-hetero) is 1. The summed E-state index contributed by atoms with van der Waals surface area (Å²) in [6.07, 6.45) is -1.84. The van der Waals surface area contributed by atoms with Gasteiger partial charge in [0.2, 0.25) is 0 Å². The lowest BCUT2D eigenvalue weighted by molar-refractivity contribution is -0.159. The van der Waals surface area contributed by atoms with Gasteiger partial charge in [0.15, 0.2) is 18.0 Å². The molecule has 142 valence electrons. The van der Waals surface area contributed by atoms with E-state index in [2.05, 4.69) is 5.32 Å². The molecule has 0 spiro atoms. The minimum atomic E-state index is -0.992. The van der Waals surface area contributed by atoms with Crippen molar-refractivity contribution in [3.8, 4) is 5.75 Å². The first-order chi connectivity index (χ1) is 12.8. The van der Waals surface area contributed by atoms with Gasteiger partial charge in [0.1, 0.15) is 5.75 Å².